The maximum absolute atomic E-state index is 12.7. The molecule has 0 aliphatic heterocycles. The Hall–Kier alpha value is -3.02. The van der Waals surface area contributed by atoms with Crippen LogP contribution in [-0.4, -0.2) is 10.8 Å². The predicted octanol–water partition coefficient (Wildman–Crippen LogP) is 3.39. The van der Waals surface area contributed by atoms with Gasteiger partial charge in [-0.3, -0.25) is 14.9 Å². The molecule has 0 aromatic heterocycles. The molecule has 1 amide bonds. The first kappa shape index (κ1) is 14.4. The smallest absolute Gasteiger partial charge is 0.292 e. The van der Waals surface area contributed by atoms with Crippen LogP contribution in [-0.2, 0) is 4.79 Å². The van der Waals surface area contributed by atoms with Crippen molar-refractivity contribution >= 4 is 23.4 Å². The lowest BCUT2D eigenvalue weighted by atomic mass is 10.2. The van der Waals surface area contributed by atoms with Gasteiger partial charge in [-0.1, -0.05) is 24.3 Å². The summed E-state index contributed by atoms with van der Waals surface area (Å²) in [7, 11) is 0. The lowest BCUT2D eigenvalue weighted by molar-refractivity contribution is -0.383. The molecule has 2 aromatic carbocycles. The number of carbonyl (C=O) groups excluding carboxylic acids is 1. The number of anilines is 1. The Labute approximate surface area is 119 Å². The molecule has 0 atom stereocenters. The van der Waals surface area contributed by atoms with Crippen molar-refractivity contribution in [3.05, 3.63) is 76.1 Å². The van der Waals surface area contributed by atoms with Gasteiger partial charge in [0.15, 0.2) is 0 Å². The molecule has 0 unspecified atom stereocenters. The van der Waals surface area contributed by atoms with Crippen LogP contribution in [0.5, 0.6) is 0 Å². The summed E-state index contributed by atoms with van der Waals surface area (Å²) in [6, 6.07) is 11.4. The van der Waals surface area contributed by atoms with Gasteiger partial charge in [-0.25, -0.2) is 4.39 Å². The standard InChI is InChI=1S/C15H11FN2O3/c16-12-8-5-11(6-9-12)7-10-15(19)17-13-3-1-2-4-14(13)18(20)21/h1-10H,(H,17,19). The molecule has 106 valence electrons. The van der Waals surface area contributed by atoms with E-state index in [2.05, 4.69) is 5.32 Å². The van der Waals surface area contributed by atoms with Crippen LogP contribution in [0.2, 0.25) is 0 Å². The van der Waals surface area contributed by atoms with Gasteiger partial charge in [-0.2, -0.15) is 0 Å². The topological polar surface area (TPSA) is 72.2 Å². The summed E-state index contributed by atoms with van der Waals surface area (Å²) in [4.78, 5) is 22.0. The van der Waals surface area contributed by atoms with Crippen molar-refractivity contribution in [2.24, 2.45) is 0 Å². The Morgan fingerprint density at radius 2 is 1.81 bits per heavy atom. The molecule has 6 heteroatoms. The van der Waals surface area contributed by atoms with Crippen molar-refractivity contribution < 1.29 is 14.1 Å². The van der Waals surface area contributed by atoms with Crippen molar-refractivity contribution in [1.29, 1.82) is 0 Å². The van der Waals surface area contributed by atoms with Gasteiger partial charge in [0.25, 0.3) is 5.69 Å². The predicted molar refractivity (Wildman–Crippen MR) is 77.2 cm³/mol. The zero-order valence-corrected chi connectivity index (χ0v) is 10.8. The van der Waals surface area contributed by atoms with Crippen molar-refractivity contribution in [1.82, 2.24) is 0 Å². The molecule has 0 aliphatic rings. The van der Waals surface area contributed by atoms with Gasteiger partial charge >= 0.3 is 0 Å². The molecule has 5 nitrogen and oxygen atoms in total. The van der Waals surface area contributed by atoms with E-state index in [-0.39, 0.29) is 17.2 Å². The third kappa shape index (κ3) is 3.97. The Balaban J connectivity index is 2.08. The molecule has 0 radical (unpaired) electrons. The van der Waals surface area contributed by atoms with Gasteiger partial charge in [-0.05, 0) is 29.8 Å². The minimum atomic E-state index is -0.570. The van der Waals surface area contributed by atoms with Crippen LogP contribution in [0.15, 0.2) is 54.6 Å². The van der Waals surface area contributed by atoms with E-state index in [1.165, 1.54) is 54.6 Å². The fourth-order valence-electron chi connectivity index (χ4n) is 1.66. The number of nitro benzene ring substituents is 1. The van der Waals surface area contributed by atoms with Crippen LogP contribution in [0.1, 0.15) is 5.56 Å². The lowest BCUT2D eigenvalue weighted by Crippen LogP contribution is -2.09. The first-order valence-corrected chi connectivity index (χ1v) is 6.04. The van der Waals surface area contributed by atoms with Gasteiger partial charge in [0.2, 0.25) is 5.91 Å². The minimum Gasteiger partial charge on any atom is -0.317 e. The zero-order valence-electron chi connectivity index (χ0n) is 10.8. The number of nitrogens with one attached hydrogen (secondary N) is 1. The van der Waals surface area contributed by atoms with E-state index in [0.717, 1.165) is 0 Å². The van der Waals surface area contributed by atoms with Crippen molar-refractivity contribution in [3.8, 4) is 0 Å². The molecule has 2 rings (SSSR count). The zero-order chi connectivity index (χ0) is 15.2. The van der Waals surface area contributed by atoms with E-state index < -0.39 is 10.8 Å². The second kappa shape index (κ2) is 6.42. The van der Waals surface area contributed by atoms with Gasteiger partial charge in [0.1, 0.15) is 11.5 Å². The molecular weight excluding hydrogens is 275 g/mol. The molecule has 0 bridgehead atoms. The molecule has 0 aliphatic carbocycles. The van der Waals surface area contributed by atoms with Crippen LogP contribution < -0.4 is 5.32 Å². The monoisotopic (exact) mass is 286 g/mol. The van der Waals surface area contributed by atoms with Crippen molar-refractivity contribution in [2.75, 3.05) is 5.32 Å². The van der Waals surface area contributed by atoms with Crippen LogP contribution >= 0.6 is 0 Å². The van der Waals surface area contributed by atoms with Crippen LogP contribution in [0.4, 0.5) is 15.8 Å². The third-order valence-electron chi connectivity index (χ3n) is 2.66. The van der Waals surface area contributed by atoms with Gasteiger partial charge in [0, 0.05) is 12.1 Å². The third-order valence-corrected chi connectivity index (χ3v) is 2.66. The molecule has 0 saturated heterocycles. The minimum absolute atomic E-state index is 0.122. The second-order valence-electron chi connectivity index (χ2n) is 4.15. The molecule has 1 N–H and O–H groups in total. The largest absolute Gasteiger partial charge is 0.317 e. The highest BCUT2D eigenvalue weighted by molar-refractivity contribution is 6.03. The summed E-state index contributed by atoms with van der Waals surface area (Å²) in [5.74, 6) is -0.870. The van der Waals surface area contributed by atoms with E-state index >= 15 is 0 Å². The summed E-state index contributed by atoms with van der Waals surface area (Å²) < 4.78 is 12.7. The van der Waals surface area contributed by atoms with Crippen molar-refractivity contribution in [2.45, 2.75) is 0 Å². The number of rotatable bonds is 4. The fourth-order valence-corrected chi connectivity index (χ4v) is 1.66. The Morgan fingerprint density at radius 3 is 2.48 bits per heavy atom. The first-order valence-electron chi connectivity index (χ1n) is 6.04. The molecular formula is C15H11FN2O3. The Morgan fingerprint density at radius 1 is 1.14 bits per heavy atom. The number of amides is 1. The maximum atomic E-state index is 12.7. The van der Waals surface area contributed by atoms with Gasteiger partial charge < -0.3 is 5.32 Å². The summed E-state index contributed by atoms with van der Waals surface area (Å²) in [5, 5.41) is 13.2. The number of nitro groups is 1. The number of nitrogens with zero attached hydrogens (tertiary/aromatic N) is 1. The highest BCUT2D eigenvalue weighted by atomic mass is 19.1. The molecule has 0 heterocycles. The van der Waals surface area contributed by atoms with Crippen molar-refractivity contribution in [3.63, 3.8) is 0 Å². The number of halogens is 1. The van der Waals surface area contributed by atoms with E-state index in [1.807, 2.05) is 0 Å². The average Bonchev–Trinajstić information content (AvgIpc) is 2.47. The molecule has 2 aromatic rings. The highest BCUT2D eigenvalue weighted by Gasteiger charge is 2.13. The maximum Gasteiger partial charge on any atom is 0.292 e. The Kier molecular flexibility index (Phi) is 4.40. The van der Waals surface area contributed by atoms with E-state index in [0.29, 0.717) is 5.56 Å². The highest BCUT2D eigenvalue weighted by Crippen LogP contribution is 2.23. The summed E-state index contributed by atoms with van der Waals surface area (Å²) >= 11 is 0. The molecule has 0 fully saturated rings. The van der Waals surface area contributed by atoms with E-state index in [4.69, 9.17) is 0 Å². The van der Waals surface area contributed by atoms with E-state index in [1.54, 1.807) is 6.07 Å². The molecule has 0 saturated carbocycles. The van der Waals surface area contributed by atoms with Crippen LogP contribution in [0.25, 0.3) is 6.08 Å². The number of benzene rings is 2. The summed E-state index contributed by atoms with van der Waals surface area (Å²) in [6.45, 7) is 0. The summed E-state index contributed by atoms with van der Waals surface area (Å²) in [5.41, 5.74) is 0.589. The first-order chi connectivity index (χ1) is 10.1. The Bertz CT molecular complexity index is 696. The van der Waals surface area contributed by atoms with E-state index in [9.17, 15) is 19.3 Å². The average molecular weight is 286 g/mol. The molecule has 21 heavy (non-hydrogen) atoms. The quantitative estimate of drug-likeness (QED) is 0.532. The lowest BCUT2D eigenvalue weighted by Gasteiger charge is -2.02. The summed E-state index contributed by atoms with van der Waals surface area (Å²) in [6.07, 6.45) is 2.72. The molecule has 0 spiro atoms. The van der Waals surface area contributed by atoms with Crippen LogP contribution in [0.3, 0.4) is 0 Å². The van der Waals surface area contributed by atoms with Gasteiger partial charge in [0.05, 0.1) is 4.92 Å². The normalized spacial score (nSPS) is 10.5. The van der Waals surface area contributed by atoms with Crippen LogP contribution in [0, 0.1) is 15.9 Å². The van der Waals surface area contributed by atoms with Gasteiger partial charge in [-0.15, -0.1) is 0 Å². The SMILES string of the molecule is O=C(C=Cc1ccc(F)cc1)Nc1ccccc1[N+](=O)[O-]. The number of para-hydroxylation sites is 2. The number of carbonyl (C=O) groups is 1. The number of hydrogen-bond donors (Lipinski definition) is 1. The number of hydrogen-bond acceptors (Lipinski definition) is 3. The second-order valence-corrected chi connectivity index (χ2v) is 4.15. The fraction of sp³-hybridized carbons (Fsp3) is 0.